The van der Waals surface area contributed by atoms with Gasteiger partial charge in [-0.1, -0.05) is 35.3 Å². The third kappa shape index (κ3) is 3.13. The first kappa shape index (κ1) is 13.6. The smallest absolute Gasteiger partial charge is 0.269 e. The normalized spacial score (nSPS) is 10.4. The van der Waals surface area contributed by atoms with Gasteiger partial charge in [-0.15, -0.1) is 0 Å². The number of non-ortho nitro benzene ring substituents is 1. The second-order valence-corrected chi connectivity index (χ2v) is 4.71. The van der Waals surface area contributed by atoms with Crippen LogP contribution in [-0.2, 0) is 6.54 Å². The standard InChI is InChI=1S/C12H8Cl2N2O3/c13-9-5-11(14)12(17)15(7-9)6-8-1-3-10(4-2-8)16(18)19/h1-5,7H,6H2. The molecule has 0 radical (unpaired) electrons. The van der Waals surface area contributed by atoms with E-state index in [4.69, 9.17) is 23.2 Å². The average molecular weight is 299 g/mol. The van der Waals surface area contributed by atoms with Gasteiger partial charge in [0.05, 0.1) is 16.5 Å². The molecule has 98 valence electrons. The number of hydrogen-bond donors (Lipinski definition) is 0. The molecule has 1 heterocycles. The summed E-state index contributed by atoms with van der Waals surface area (Å²) in [6.45, 7) is 0.247. The molecule has 0 aliphatic carbocycles. The summed E-state index contributed by atoms with van der Waals surface area (Å²) in [6.07, 6.45) is 1.47. The largest absolute Gasteiger partial charge is 0.308 e. The lowest BCUT2D eigenvalue weighted by molar-refractivity contribution is -0.384. The number of rotatable bonds is 3. The van der Waals surface area contributed by atoms with Gasteiger partial charge < -0.3 is 4.57 Å². The van der Waals surface area contributed by atoms with E-state index in [1.54, 1.807) is 12.1 Å². The molecule has 0 unspecified atom stereocenters. The fraction of sp³-hybridized carbons (Fsp3) is 0.0833. The van der Waals surface area contributed by atoms with Crippen LogP contribution in [0.25, 0.3) is 0 Å². The van der Waals surface area contributed by atoms with E-state index >= 15 is 0 Å². The topological polar surface area (TPSA) is 65.1 Å². The highest BCUT2D eigenvalue weighted by Gasteiger charge is 2.07. The Kier molecular flexibility index (Phi) is 3.87. The van der Waals surface area contributed by atoms with Crippen molar-refractivity contribution in [3.63, 3.8) is 0 Å². The molecule has 0 atom stereocenters. The van der Waals surface area contributed by atoms with E-state index < -0.39 is 4.92 Å². The molecular weight excluding hydrogens is 291 g/mol. The Morgan fingerprint density at radius 3 is 2.42 bits per heavy atom. The van der Waals surface area contributed by atoms with Crippen LogP contribution in [0.4, 0.5) is 5.69 Å². The first-order valence-electron chi connectivity index (χ1n) is 5.26. The molecular formula is C12H8Cl2N2O3. The molecule has 0 N–H and O–H groups in total. The van der Waals surface area contributed by atoms with Crippen LogP contribution in [0.3, 0.4) is 0 Å². The molecule has 2 rings (SSSR count). The maximum Gasteiger partial charge on any atom is 0.269 e. The number of benzene rings is 1. The van der Waals surface area contributed by atoms with E-state index in [0.29, 0.717) is 5.02 Å². The number of nitrogens with zero attached hydrogens (tertiary/aromatic N) is 2. The van der Waals surface area contributed by atoms with E-state index in [0.717, 1.165) is 5.56 Å². The molecule has 0 aliphatic rings. The van der Waals surface area contributed by atoms with Crippen LogP contribution in [0.5, 0.6) is 0 Å². The van der Waals surface area contributed by atoms with Gasteiger partial charge in [0.15, 0.2) is 0 Å². The number of nitro benzene ring substituents is 1. The zero-order chi connectivity index (χ0) is 14.0. The lowest BCUT2D eigenvalue weighted by atomic mass is 10.2. The van der Waals surface area contributed by atoms with Crippen molar-refractivity contribution in [3.8, 4) is 0 Å². The van der Waals surface area contributed by atoms with Crippen LogP contribution >= 0.6 is 23.2 Å². The van der Waals surface area contributed by atoms with E-state index in [2.05, 4.69) is 0 Å². The summed E-state index contributed by atoms with van der Waals surface area (Å²) < 4.78 is 1.35. The van der Waals surface area contributed by atoms with Crippen LogP contribution in [0, 0.1) is 10.1 Å². The highest BCUT2D eigenvalue weighted by molar-refractivity contribution is 6.34. The van der Waals surface area contributed by atoms with Gasteiger partial charge in [-0.2, -0.15) is 0 Å². The van der Waals surface area contributed by atoms with Crippen LogP contribution in [0.2, 0.25) is 10.0 Å². The third-order valence-corrected chi connectivity index (χ3v) is 2.99. The molecule has 0 bridgehead atoms. The average Bonchev–Trinajstić information content (AvgIpc) is 2.36. The van der Waals surface area contributed by atoms with E-state index in [1.807, 2.05) is 0 Å². The quantitative estimate of drug-likeness (QED) is 0.646. The Labute approximate surface area is 118 Å². The maximum atomic E-state index is 11.8. The molecule has 0 saturated carbocycles. The lowest BCUT2D eigenvalue weighted by Crippen LogP contribution is -2.20. The Bertz CT molecular complexity index is 680. The second kappa shape index (κ2) is 5.42. The Hall–Kier alpha value is -1.85. The van der Waals surface area contributed by atoms with Gasteiger partial charge in [0.1, 0.15) is 5.02 Å². The summed E-state index contributed by atoms with van der Waals surface area (Å²) in [5.74, 6) is 0. The van der Waals surface area contributed by atoms with Crippen LogP contribution in [-0.4, -0.2) is 9.49 Å². The zero-order valence-corrected chi connectivity index (χ0v) is 11.1. The van der Waals surface area contributed by atoms with Crippen LogP contribution in [0.1, 0.15) is 5.56 Å². The van der Waals surface area contributed by atoms with Gasteiger partial charge in [0, 0.05) is 18.3 Å². The van der Waals surface area contributed by atoms with Crippen molar-refractivity contribution in [2.45, 2.75) is 6.54 Å². The first-order valence-corrected chi connectivity index (χ1v) is 6.02. The molecule has 0 amide bonds. The van der Waals surface area contributed by atoms with Crippen LogP contribution < -0.4 is 5.56 Å². The molecule has 0 saturated heterocycles. The first-order chi connectivity index (χ1) is 8.97. The van der Waals surface area contributed by atoms with Gasteiger partial charge in [0.2, 0.25) is 0 Å². The summed E-state index contributed by atoms with van der Waals surface area (Å²) in [6, 6.07) is 7.30. The van der Waals surface area contributed by atoms with Crippen molar-refractivity contribution in [2.75, 3.05) is 0 Å². The van der Waals surface area contributed by atoms with Gasteiger partial charge >= 0.3 is 0 Å². The lowest BCUT2D eigenvalue weighted by Gasteiger charge is -2.07. The Morgan fingerprint density at radius 1 is 1.21 bits per heavy atom. The van der Waals surface area contributed by atoms with E-state index in [-0.39, 0.29) is 22.8 Å². The van der Waals surface area contributed by atoms with E-state index in [1.165, 1.54) is 29.0 Å². The summed E-state index contributed by atoms with van der Waals surface area (Å²) in [5, 5.41) is 10.9. The number of aromatic nitrogens is 1. The molecule has 0 spiro atoms. The van der Waals surface area contributed by atoms with Crippen molar-refractivity contribution >= 4 is 28.9 Å². The van der Waals surface area contributed by atoms with Crippen molar-refractivity contribution in [1.82, 2.24) is 4.57 Å². The fourth-order valence-corrected chi connectivity index (χ4v) is 2.11. The molecule has 0 fully saturated rings. The van der Waals surface area contributed by atoms with Gasteiger partial charge in [-0.25, -0.2) is 0 Å². The minimum Gasteiger partial charge on any atom is -0.308 e. The van der Waals surface area contributed by atoms with Crippen LogP contribution in [0.15, 0.2) is 41.3 Å². The Balaban J connectivity index is 2.31. The Morgan fingerprint density at radius 2 is 1.84 bits per heavy atom. The maximum absolute atomic E-state index is 11.8. The molecule has 0 aliphatic heterocycles. The summed E-state index contributed by atoms with van der Waals surface area (Å²) in [5.41, 5.74) is 0.385. The molecule has 19 heavy (non-hydrogen) atoms. The second-order valence-electron chi connectivity index (χ2n) is 3.86. The molecule has 7 heteroatoms. The highest BCUT2D eigenvalue weighted by atomic mass is 35.5. The SMILES string of the molecule is O=c1c(Cl)cc(Cl)cn1Cc1ccc([N+](=O)[O-])cc1. The summed E-state index contributed by atoms with van der Waals surface area (Å²) >= 11 is 11.6. The minimum absolute atomic E-state index is 0.000207. The van der Waals surface area contributed by atoms with Gasteiger partial charge in [0.25, 0.3) is 11.2 Å². The van der Waals surface area contributed by atoms with Crippen molar-refractivity contribution in [3.05, 3.63) is 72.6 Å². The highest BCUT2D eigenvalue weighted by Crippen LogP contribution is 2.15. The number of nitro groups is 1. The van der Waals surface area contributed by atoms with Gasteiger partial charge in [-0.05, 0) is 11.6 Å². The predicted molar refractivity (Wildman–Crippen MR) is 72.9 cm³/mol. The number of pyridine rings is 1. The fourth-order valence-electron chi connectivity index (χ4n) is 1.60. The van der Waals surface area contributed by atoms with E-state index in [9.17, 15) is 14.9 Å². The number of halogens is 2. The van der Waals surface area contributed by atoms with Crippen molar-refractivity contribution < 1.29 is 4.92 Å². The zero-order valence-electron chi connectivity index (χ0n) is 9.55. The molecule has 1 aromatic heterocycles. The summed E-state index contributed by atoms with van der Waals surface area (Å²) in [7, 11) is 0. The third-order valence-electron chi connectivity index (χ3n) is 2.51. The summed E-state index contributed by atoms with van der Waals surface area (Å²) in [4.78, 5) is 21.8. The minimum atomic E-state index is -0.480. The van der Waals surface area contributed by atoms with Crippen molar-refractivity contribution in [2.24, 2.45) is 0 Å². The molecule has 5 nitrogen and oxygen atoms in total. The number of hydrogen-bond acceptors (Lipinski definition) is 3. The monoisotopic (exact) mass is 298 g/mol. The van der Waals surface area contributed by atoms with Crippen molar-refractivity contribution in [1.29, 1.82) is 0 Å². The molecule has 1 aromatic carbocycles. The van der Waals surface area contributed by atoms with Gasteiger partial charge in [-0.3, -0.25) is 14.9 Å². The predicted octanol–water partition coefficient (Wildman–Crippen LogP) is 3.11. The molecule has 2 aromatic rings.